The fourth-order valence-electron chi connectivity index (χ4n) is 1.59. The van der Waals surface area contributed by atoms with Gasteiger partial charge in [-0.1, -0.05) is 54.2 Å². The Kier molecular flexibility index (Phi) is 6.18. The summed E-state index contributed by atoms with van der Waals surface area (Å²) in [6.07, 6.45) is 0. The second-order valence-electron chi connectivity index (χ2n) is 4.28. The molecule has 0 spiro atoms. The molecule has 0 atom stereocenters. The standard InChI is InChI=1S/C16H14ClNO3S/c17-13-8-6-12(7-9-13)16(22)18-11-21-15(19)10-20-14-4-2-1-3-5-14/h1-9H,10-11H2,(H,18,22). The van der Waals surface area contributed by atoms with Crippen molar-refractivity contribution in [3.8, 4) is 5.75 Å². The van der Waals surface area contributed by atoms with Crippen LogP contribution in [0.1, 0.15) is 5.56 Å². The molecule has 0 saturated heterocycles. The predicted molar refractivity (Wildman–Crippen MR) is 89.2 cm³/mol. The summed E-state index contributed by atoms with van der Waals surface area (Å²) in [5.41, 5.74) is 0.802. The normalized spacial score (nSPS) is 9.86. The smallest absolute Gasteiger partial charge is 0.345 e. The largest absolute Gasteiger partial charge is 0.482 e. The third-order valence-corrected chi connectivity index (χ3v) is 3.30. The van der Waals surface area contributed by atoms with Crippen LogP contribution in [0.3, 0.4) is 0 Å². The first-order valence-electron chi connectivity index (χ1n) is 6.52. The number of halogens is 1. The molecular formula is C16H14ClNO3S. The first-order valence-corrected chi connectivity index (χ1v) is 7.31. The molecule has 114 valence electrons. The number of nitrogens with one attached hydrogen (secondary N) is 1. The van der Waals surface area contributed by atoms with Crippen LogP contribution in [-0.2, 0) is 9.53 Å². The molecule has 0 aromatic heterocycles. The van der Waals surface area contributed by atoms with Crippen molar-refractivity contribution >= 4 is 34.8 Å². The van der Waals surface area contributed by atoms with Crippen molar-refractivity contribution in [2.24, 2.45) is 0 Å². The molecule has 2 aromatic rings. The van der Waals surface area contributed by atoms with Crippen molar-refractivity contribution in [2.45, 2.75) is 0 Å². The number of thiocarbonyl (C=S) groups is 1. The summed E-state index contributed by atoms with van der Waals surface area (Å²) in [7, 11) is 0. The lowest BCUT2D eigenvalue weighted by Gasteiger charge is -2.10. The monoisotopic (exact) mass is 335 g/mol. The van der Waals surface area contributed by atoms with Gasteiger partial charge in [0.05, 0.1) is 0 Å². The first-order chi connectivity index (χ1) is 10.6. The van der Waals surface area contributed by atoms with Gasteiger partial charge in [0.25, 0.3) is 0 Å². The van der Waals surface area contributed by atoms with E-state index in [1.807, 2.05) is 18.2 Å². The number of ether oxygens (including phenoxy) is 2. The molecule has 4 nitrogen and oxygen atoms in total. The van der Waals surface area contributed by atoms with Gasteiger partial charge in [0.15, 0.2) is 13.3 Å². The number of carbonyl (C=O) groups is 1. The lowest BCUT2D eigenvalue weighted by molar-refractivity contribution is -0.146. The second kappa shape index (κ2) is 8.36. The molecule has 0 saturated carbocycles. The third-order valence-electron chi connectivity index (χ3n) is 2.67. The zero-order valence-corrected chi connectivity index (χ0v) is 13.2. The second-order valence-corrected chi connectivity index (χ2v) is 5.12. The molecule has 0 heterocycles. The van der Waals surface area contributed by atoms with Gasteiger partial charge in [-0.25, -0.2) is 4.79 Å². The van der Waals surface area contributed by atoms with Gasteiger partial charge in [-0.2, -0.15) is 0 Å². The van der Waals surface area contributed by atoms with Crippen LogP contribution in [0.2, 0.25) is 5.02 Å². The highest BCUT2D eigenvalue weighted by atomic mass is 35.5. The Hall–Kier alpha value is -2.11. The van der Waals surface area contributed by atoms with Gasteiger partial charge in [-0.3, -0.25) is 0 Å². The number of hydrogen-bond donors (Lipinski definition) is 1. The maximum atomic E-state index is 11.5. The fraction of sp³-hybridized carbons (Fsp3) is 0.125. The Balaban J connectivity index is 1.68. The molecule has 0 bridgehead atoms. The Morgan fingerprint density at radius 3 is 2.45 bits per heavy atom. The Labute approximate surface area is 139 Å². The van der Waals surface area contributed by atoms with Gasteiger partial charge in [0.2, 0.25) is 0 Å². The molecule has 0 radical (unpaired) electrons. The Morgan fingerprint density at radius 1 is 1.09 bits per heavy atom. The summed E-state index contributed by atoms with van der Waals surface area (Å²) >= 11 is 11.0. The van der Waals surface area contributed by atoms with Crippen LogP contribution in [0.4, 0.5) is 0 Å². The maximum absolute atomic E-state index is 11.5. The molecule has 0 fully saturated rings. The molecule has 2 rings (SSSR count). The van der Waals surface area contributed by atoms with E-state index < -0.39 is 5.97 Å². The van der Waals surface area contributed by atoms with Gasteiger partial charge >= 0.3 is 5.97 Å². The van der Waals surface area contributed by atoms with Crippen LogP contribution in [0.5, 0.6) is 5.75 Å². The highest BCUT2D eigenvalue weighted by Crippen LogP contribution is 2.10. The topological polar surface area (TPSA) is 47.6 Å². The van der Waals surface area contributed by atoms with Crippen molar-refractivity contribution in [2.75, 3.05) is 13.3 Å². The molecule has 6 heteroatoms. The molecule has 22 heavy (non-hydrogen) atoms. The van der Waals surface area contributed by atoms with E-state index in [0.717, 1.165) is 5.56 Å². The van der Waals surface area contributed by atoms with Gasteiger partial charge in [0, 0.05) is 10.6 Å². The van der Waals surface area contributed by atoms with Crippen LogP contribution in [-0.4, -0.2) is 24.3 Å². The van der Waals surface area contributed by atoms with E-state index in [1.54, 1.807) is 36.4 Å². The van der Waals surface area contributed by atoms with Crippen molar-refractivity contribution in [1.29, 1.82) is 0 Å². The van der Waals surface area contributed by atoms with Gasteiger partial charge in [-0.15, -0.1) is 0 Å². The van der Waals surface area contributed by atoms with Gasteiger partial charge < -0.3 is 14.8 Å². The summed E-state index contributed by atoms with van der Waals surface area (Å²) in [6, 6.07) is 16.1. The van der Waals surface area contributed by atoms with Crippen LogP contribution in [0.15, 0.2) is 54.6 Å². The number of para-hydroxylation sites is 1. The zero-order valence-electron chi connectivity index (χ0n) is 11.6. The van der Waals surface area contributed by atoms with E-state index in [-0.39, 0.29) is 13.3 Å². The van der Waals surface area contributed by atoms with E-state index >= 15 is 0 Å². The minimum absolute atomic E-state index is 0.0154. The van der Waals surface area contributed by atoms with Crippen molar-refractivity contribution in [3.63, 3.8) is 0 Å². The lowest BCUT2D eigenvalue weighted by atomic mass is 10.2. The SMILES string of the molecule is O=C(COc1ccccc1)OCNC(=S)c1ccc(Cl)cc1. The molecule has 0 aliphatic rings. The fourth-order valence-corrected chi connectivity index (χ4v) is 1.91. The summed E-state index contributed by atoms with van der Waals surface area (Å²) in [5.74, 6) is 0.138. The van der Waals surface area contributed by atoms with E-state index in [2.05, 4.69) is 5.32 Å². The van der Waals surface area contributed by atoms with Crippen LogP contribution in [0.25, 0.3) is 0 Å². The molecule has 0 aliphatic carbocycles. The predicted octanol–water partition coefficient (Wildman–Crippen LogP) is 3.18. The van der Waals surface area contributed by atoms with Crippen molar-refractivity contribution in [1.82, 2.24) is 5.32 Å². The number of benzene rings is 2. The van der Waals surface area contributed by atoms with Crippen molar-refractivity contribution < 1.29 is 14.3 Å². The summed E-state index contributed by atoms with van der Waals surface area (Å²) in [5, 5.41) is 3.47. The highest BCUT2D eigenvalue weighted by molar-refractivity contribution is 7.80. The van der Waals surface area contributed by atoms with E-state index in [1.165, 1.54) is 0 Å². The van der Waals surface area contributed by atoms with Crippen molar-refractivity contribution in [3.05, 3.63) is 65.2 Å². The van der Waals surface area contributed by atoms with Crippen LogP contribution >= 0.6 is 23.8 Å². The van der Waals surface area contributed by atoms with E-state index in [0.29, 0.717) is 15.8 Å². The molecule has 1 N–H and O–H groups in total. The quantitative estimate of drug-likeness (QED) is 0.499. The summed E-state index contributed by atoms with van der Waals surface area (Å²) < 4.78 is 10.3. The maximum Gasteiger partial charge on any atom is 0.345 e. The summed E-state index contributed by atoms with van der Waals surface area (Å²) in [6.45, 7) is -0.169. The van der Waals surface area contributed by atoms with E-state index in [4.69, 9.17) is 33.3 Å². The van der Waals surface area contributed by atoms with Crippen LogP contribution < -0.4 is 10.1 Å². The molecule has 2 aromatic carbocycles. The van der Waals surface area contributed by atoms with E-state index in [9.17, 15) is 4.79 Å². The summed E-state index contributed by atoms with van der Waals surface area (Å²) in [4.78, 5) is 12.0. The van der Waals surface area contributed by atoms with Gasteiger partial charge in [-0.05, 0) is 24.3 Å². The average molecular weight is 336 g/mol. The molecular weight excluding hydrogens is 322 g/mol. The van der Waals surface area contributed by atoms with Crippen LogP contribution in [0, 0.1) is 0 Å². The minimum atomic E-state index is -0.477. The molecule has 0 unspecified atom stereocenters. The Morgan fingerprint density at radius 2 is 1.77 bits per heavy atom. The minimum Gasteiger partial charge on any atom is -0.482 e. The van der Waals surface area contributed by atoms with Gasteiger partial charge in [0.1, 0.15) is 10.7 Å². The Bertz CT molecular complexity index is 632. The number of esters is 1. The average Bonchev–Trinajstić information content (AvgIpc) is 2.54. The molecule has 0 aliphatic heterocycles. The zero-order chi connectivity index (χ0) is 15.8. The number of carbonyl (C=O) groups excluding carboxylic acids is 1. The highest BCUT2D eigenvalue weighted by Gasteiger charge is 2.05. The number of hydrogen-bond acceptors (Lipinski definition) is 4. The molecule has 0 amide bonds. The number of rotatable bonds is 6. The lowest BCUT2D eigenvalue weighted by Crippen LogP contribution is -2.28. The first kappa shape index (κ1) is 16.3. The third kappa shape index (κ3) is 5.35.